The molecule has 2 aromatic heterocycles. The lowest BCUT2D eigenvalue weighted by molar-refractivity contribution is 0.0697. The Labute approximate surface area is 107 Å². The summed E-state index contributed by atoms with van der Waals surface area (Å²) in [7, 11) is 0. The van der Waals surface area contributed by atoms with E-state index in [2.05, 4.69) is 4.98 Å². The largest absolute Gasteiger partial charge is 0.478 e. The van der Waals surface area contributed by atoms with Crippen LogP contribution in [0.1, 0.15) is 10.4 Å². The lowest BCUT2D eigenvalue weighted by Crippen LogP contribution is -1.91. The van der Waals surface area contributed by atoms with Gasteiger partial charge in [-0.25, -0.2) is 4.79 Å². The third kappa shape index (κ3) is 1.87. The molecule has 0 unspecified atom stereocenters. The Morgan fingerprint density at radius 1 is 1.22 bits per heavy atom. The van der Waals surface area contributed by atoms with Crippen LogP contribution >= 0.6 is 11.3 Å². The predicted octanol–water partition coefficient (Wildman–Crippen LogP) is 3.66. The summed E-state index contributed by atoms with van der Waals surface area (Å²) in [5.74, 6) is -0.897. The van der Waals surface area contributed by atoms with Crippen LogP contribution in [-0.2, 0) is 0 Å². The summed E-state index contributed by atoms with van der Waals surface area (Å²) in [4.78, 5) is 16.1. The molecule has 0 aliphatic carbocycles. The molecular formula is C14H9NO2S. The molecule has 3 nitrogen and oxygen atoms in total. The van der Waals surface area contributed by atoms with Crippen molar-refractivity contribution in [3.05, 3.63) is 53.5 Å². The van der Waals surface area contributed by atoms with Crippen LogP contribution in [0.2, 0.25) is 0 Å². The molecule has 88 valence electrons. The maximum atomic E-state index is 10.8. The van der Waals surface area contributed by atoms with Crippen LogP contribution in [-0.4, -0.2) is 16.1 Å². The van der Waals surface area contributed by atoms with Crippen molar-refractivity contribution >= 4 is 28.2 Å². The predicted molar refractivity (Wildman–Crippen MR) is 72.0 cm³/mol. The number of carboxylic acid groups (broad SMARTS) is 1. The summed E-state index contributed by atoms with van der Waals surface area (Å²) in [5.41, 5.74) is 2.21. The molecule has 0 fully saturated rings. The maximum Gasteiger partial charge on any atom is 0.336 e. The normalized spacial score (nSPS) is 10.7. The molecule has 0 atom stereocenters. The first-order valence-electron chi connectivity index (χ1n) is 5.41. The second-order valence-electron chi connectivity index (χ2n) is 3.92. The van der Waals surface area contributed by atoms with E-state index in [-0.39, 0.29) is 0 Å². The maximum absolute atomic E-state index is 10.8. The van der Waals surface area contributed by atoms with Gasteiger partial charge >= 0.3 is 5.97 Å². The number of para-hydroxylation sites is 1. The Morgan fingerprint density at radius 2 is 2.06 bits per heavy atom. The number of carbonyl (C=O) groups is 1. The Bertz CT molecular complexity index is 733. The zero-order valence-electron chi connectivity index (χ0n) is 9.33. The van der Waals surface area contributed by atoms with E-state index >= 15 is 0 Å². The van der Waals surface area contributed by atoms with Crippen LogP contribution < -0.4 is 0 Å². The molecule has 0 radical (unpaired) electrons. The van der Waals surface area contributed by atoms with Crippen LogP contribution in [0, 0.1) is 0 Å². The molecular weight excluding hydrogens is 246 g/mol. The zero-order valence-corrected chi connectivity index (χ0v) is 10.1. The van der Waals surface area contributed by atoms with Gasteiger partial charge in [0.05, 0.1) is 11.1 Å². The molecule has 1 N–H and O–H groups in total. The summed E-state index contributed by atoms with van der Waals surface area (Å²) in [6.07, 6.45) is 1.78. The number of fused-ring (bicyclic) bond motifs is 1. The molecule has 0 amide bonds. The Kier molecular flexibility index (Phi) is 2.57. The van der Waals surface area contributed by atoms with Gasteiger partial charge in [-0.1, -0.05) is 18.2 Å². The van der Waals surface area contributed by atoms with Gasteiger partial charge in [0.25, 0.3) is 0 Å². The van der Waals surface area contributed by atoms with Gasteiger partial charge in [0, 0.05) is 27.4 Å². The Balaban J connectivity index is 2.10. The molecule has 3 aromatic rings. The minimum atomic E-state index is -0.897. The Morgan fingerprint density at radius 3 is 2.83 bits per heavy atom. The van der Waals surface area contributed by atoms with Crippen LogP contribution in [0.15, 0.2) is 48.0 Å². The standard InChI is InChI=1S/C14H9NO2S/c16-14(17)11-6-13(18-8-11)10-5-9-3-1-2-4-12(9)15-7-10/h1-8H,(H,16,17). The zero-order chi connectivity index (χ0) is 12.5. The number of hydrogen-bond donors (Lipinski definition) is 1. The van der Waals surface area contributed by atoms with Crippen LogP contribution in [0.4, 0.5) is 0 Å². The highest BCUT2D eigenvalue weighted by atomic mass is 32.1. The Hall–Kier alpha value is -2.20. The fraction of sp³-hybridized carbons (Fsp3) is 0. The highest BCUT2D eigenvalue weighted by Crippen LogP contribution is 2.28. The molecule has 2 heterocycles. The molecule has 18 heavy (non-hydrogen) atoms. The second-order valence-corrected chi connectivity index (χ2v) is 4.83. The fourth-order valence-corrected chi connectivity index (χ4v) is 2.67. The van der Waals surface area contributed by atoms with Crippen LogP contribution in [0.5, 0.6) is 0 Å². The molecule has 3 rings (SSSR count). The van der Waals surface area contributed by atoms with Crippen molar-refractivity contribution in [2.45, 2.75) is 0 Å². The van der Waals surface area contributed by atoms with Crippen molar-refractivity contribution in [2.75, 3.05) is 0 Å². The molecule has 0 spiro atoms. The highest BCUT2D eigenvalue weighted by molar-refractivity contribution is 7.13. The fourth-order valence-electron chi connectivity index (χ4n) is 1.81. The number of pyridine rings is 1. The van der Waals surface area contributed by atoms with E-state index in [1.54, 1.807) is 17.6 Å². The third-order valence-corrected chi connectivity index (χ3v) is 3.70. The van der Waals surface area contributed by atoms with Gasteiger partial charge in [0.1, 0.15) is 0 Å². The van der Waals surface area contributed by atoms with E-state index < -0.39 is 5.97 Å². The first-order valence-corrected chi connectivity index (χ1v) is 6.29. The van der Waals surface area contributed by atoms with E-state index in [1.165, 1.54) is 11.3 Å². The lowest BCUT2D eigenvalue weighted by Gasteiger charge is -2.00. The summed E-state index contributed by atoms with van der Waals surface area (Å²) in [6.45, 7) is 0. The van der Waals surface area contributed by atoms with Crippen LogP contribution in [0.3, 0.4) is 0 Å². The quantitative estimate of drug-likeness (QED) is 0.760. The van der Waals surface area contributed by atoms with E-state index in [4.69, 9.17) is 5.11 Å². The van der Waals surface area contributed by atoms with Crippen molar-refractivity contribution < 1.29 is 9.90 Å². The van der Waals surface area contributed by atoms with E-state index in [1.807, 2.05) is 30.3 Å². The summed E-state index contributed by atoms with van der Waals surface area (Å²) in [6, 6.07) is 11.6. The van der Waals surface area contributed by atoms with E-state index in [9.17, 15) is 4.79 Å². The van der Waals surface area contributed by atoms with Crippen molar-refractivity contribution in [1.82, 2.24) is 4.98 Å². The molecule has 0 saturated heterocycles. The minimum absolute atomic E-state index is 0.322. The number of carboxylic acids is 1. The van der Waals surface area contributed by atoms with Crippen molar-refractivity contribution in [1.29, 1.82) is 0 Å². The average Bonchev–Trinajstić information content (AvgIpc) is 2.88. The van der Waals surface area contributed by atoms with Gasteiger partial charge in [-0.15, -0.1) is 11.3 Å². The SMILES string of the molecule is O=C(O)c1csc(-c2cnc3ccccc3c2)c1. The minimum Gasteiger partial charge on any atom is -0.478 e. The van der Waals surface area contributed by atoms with E-state index in [0.717, 1.165) is 21.3 Å². The van der Waals surface area contributed by atoms with Gasteiger partial charge in [0.2, 0.25) is 0 Å². The first kappa shape index (κ1) is 10.9. The molecule has 0 bridgehead atoms. The van der Waals surface area contributed by atoms with Gasteiger partial charge in [-0.05, 0) is 18.2 Å². The summed E-state index contributed by atoms with van der Waals surface area (Å²) < 4.78 is 0. The van der Waals surface area contributed by atoms with Gasteiger partial charge in [0.15, 0.2) is 0 Å². The van der Waals surface area contributed by atoms with Gasteiger partial charge in [-0.3, -0.25) is 4.98 Å². The number of nitrogens with zero attached hydrogens (tertiary/aromatic N) is 1. The number of rotatable bonds is 2. The van der Waals surface area contributed by atoms with Gasteiger partial charge < -0.3 is 5.11 Å². The summed E-state index contributed by atoms with van der Waals surface area (Å²) in [5, 5.41) is 11.6. The van der Waals surface area contributed by atoms with Crippen molar-refractivity contribution in [3.8, 4) is 10.4 Å². The molecule has 0 aliphatic rings. The van der Waals surface area contributed by atoms with E-state index in [0.29, 0.717) is 5.56 Å². The highest BCUT2D eigenvalue weighted by Gasteiger charge is 2.08. The lowest BCUT2D eigenvalue weighted by atomic mass is 10.1. The van der Waals surface area contributed by atoms with Gasteiger partial charge in [-0.2, -0.15) is 0 Å². The van der Waals surface area contributed by atoms with Crippen molar-refractivity contribution in [2.24, 2.45) is 0 Å². The van der Waals surface area contributed by atoms with Crippen molar-refractivity contribution in [3.63, 3.8) is 0 Å². The molecule has 0 saturated carbocycles. The summed E-state index contributed by atoms with van der Waals surface area (Å²) >= 11 is 1.42. The monoisotopic (exact) mass is 255 g/mol. The molecule has 4 heteroatoms. The first-order chi connectivity index (χ1) is 8.74. The number of aromatic nitrogens is 1. The molecule has 1 aromatic carbocycles. The number of thiophene rings is 1. The topological polar surface area (TPSA) is 50.2 Å². The second kappa shape index (κ2) is 4.23. The number of hydrogen-bond acceptors (Lipinski definition) is 3. The number of aromatic carboxylic acids is 1. The smallest absolute Gasteiger partial charge is 0.336 e. The third-order valence-electron chi connectivity index (χ3n) is 2.72. The van der Waals surface area contributed by atoms with Crippen LogP contribution in [0.25, 0.3) is 21.3 Å². The molecule has 0 aliphatic heterocycles. The number of benzene rings is 1. The average molecular weight is 255 g/mol.